The summed E-state index contributed by atoms with van der Waals surface area (Å²) in [5.74, 6) is 0.434. The fourth-order valence-electron chi connectivity index (χ4n) is 1.61. The number of pyridine rings is 1. The quantitative estimate of drug-likeness (QED) is 0.849. The number of carbonyl (C=O) groups excluding carboxylic acids is 1. The van der Waals surface area contributed by atoms with E-state index < -0.39 is 11.7 Å². The number of nitrogens with zero attached hydrogens (tertiary/aromatic N) is 1. The van der Waals surface area contributed by atoms with Crippen LogP contribution in [0.5, 0.6) is 0 Å². The lowest BCUT2D eigenvalue weighted by Gasteiger charge is -2.19. The molecule has 0 unspecified atom stereocenters. The highest BCUT2D eigenvalue weighted by atomic mass is 35.5. The lowest BCUT2D eigenvalue weighted by atomic mass is 10.2. The third-order valence-electron chi connectivity index (χ3n) is 2.34. The van der Waals surface area contributed by atoms with E-state index in [-0.39, 0.29) is 0 Å². The Morgan fingerprint density at radius 2 is 2.11 bits per heavy atom. The average molecular weight is 279 g/mol. The summed E-state index contributed by atoms with van der Waals surface area (Å²) in [5, 5.41) is 4.98. The summed E-state index contributed by atoms with van der Waals surface area (Å²) in [7, 11) is 0. The SMILES string of the molecule is CC(C)(C)OC(=O)Nc1cc2cccc(Cl)c2cn1. The fraction of sp³-hybridized carbons (Fsp3) is 0.286. The summed E-state index contributed by atoms with van der Waals surface area (Å²) in [6.07, 6.45) is 1.10. The summed E-state index contributed by atoms with van der Waals surface area (Å²) in [6, 6.07) is 7.31. The molecule has 2 aromatic rings. The number of hydrogen-bond acceptors (Lipinski definition) is 3. The minimum absolute atomic E-state index is 0.434. The summed E-state index contributed by atoms with van der Waals surface area (Å²) < 4.78 is 5.16. The van der Waals surface area contributed by atoms with Crippen LogP contribution in [0.15, 0.2) is 30.5 Å². The van der Waals surface area contributed by atoms with E-state index in [0.717, 1.165) is 10.8 Å². The number of aromatic nitrogens is 1. The molecule has 19 heavy (non-hydrogen) atoms. The van der Waals surface area contributed by atoms with Crippen molar-refractivity contribution in [3.8, 4) is 0 Å². The monoisotopic (exact) mass is 278 g/mol. The molecule has 2 rings (SSSR count). The van der Waals surface area contributed by atoms with Gasteiger partial charge in [-0.1, -0.05) is 23.7 Å². The van der Waals surface area contributed by atoms with Gasteiger partial charge in [0.05, 0.1) is 0 Å². The van der Waals surface area contributed by atoms with Crippen molar-refractivity contribution in [3.63, 3.8) is 0 Å². The lowest BCUT2D eigenvalue weighted by Crippen LogP contribution is -2.27. The second kappa shape index (κ2) is 5.05. The Hall–Kier alpha value is -1.81. The summed E-state index contributed by atoms with van der Waals surface area (Å²) in [4.78, 5) is 15.8. The molecule has 0 aliphatic heterocycles. The number of fused-ring (bicyclic) bond motifs is 1. The number of amides is 1. The van der Waals surface area contributed by atoms with Crippen LogP contribution in [-0.2, 0) is 4.74 Å². The topological polar surface area (TPSA) is 51.2 Å². The van der Waals surface area contributed by atoms with Crippen LogP contribution in [-0.4, -0.2) is 16.7 Å². The van der Waals surface area contributed by atoms with Crippen LogP contribution in [0, 0.1) is 0 Å². The highest BCUT2D eigenvalue weighted by molar-refractivity contribution is 6.35. The van der Waals surface area contributed by atoms with E-state index in [2.05, 4.69) is 10.3 Å². The van der Waals surface area contributed by atoms with Gasteiger partial charge in [0.25, 0.3) is 0 Å². The molecule has 4 nitrogen and oxygen atoms in total. The van der Waals surface area contributed by atoms with Crippen LogP contribution in [0.4, 0.5) is 10.6 Å². The minimum Gasteiger partial charge on any atom is -0.444 e. The van der Waals surface area contributed by atoms with Crippen molar-refractivity contribution in [2.45, 2.75) is 26.4 Å². The zero-order valence-corrected chi connectivity index (χ0v) is 11.8. The van der Waals surface area contributed by atoms with Crippen molar-refractivity contribution in [2.24, 2.45) is 0 Å². The first-order valence-electron chi connectivity index (χ1n) is 5.89. The number of hydrogen-bond donors (Lipinski definition) is 1. The average Bonchev–Trinajstić information content (AvgIpc) is 2.26. The third kappa shape index (κ3) is 3.58. The number of carbonyl (C=O) groups is 1. The molecule has 1 heterocycles. The number of rotatable bonds is 1. The maximum absolute atomic E-state index is 11.6. The molecule has 0 aliphatic rings. The normalized spacial score (nSPS) is 11.4. The second-order valence-electron chi connectivity index (χ2n) is 5.16. The fourth-order valence-corrected chi connectivity index (χ4v) is 1.84. The van der Waals surface area contributed by atoms with Crippen molar-refractivity contribution in [1.82, 2.24) is 4.98 Å². The van der Waals surface area contributed by atoms with Gasteiger partial charge < -0.3 is 4.74 Å². The Morgan fingerprint density at radius 3 is 2.79 bits per heavy atom. The van der Waals surface area contributed by atoms with Gasteiger partial charge in [-0.3, -0.25) is 5.32 Å². The molecule has 0 atom stereocenters. The number of nitrogens with one attached hydrogen (secondary N) is 1. The van der Waals surface area contributed by atoms with E-state index >= 15 is 0 Å². The van der Waals surface area contributed by atoms with Gasteiger partial charge in [0.15, 0.2) is 0 Å². The molecule has 1 N–H and O–H groups in total. The first kappa shape index (κ1) is 13.6. The van der Waals surface area contributed by atoms with Gasteiger partial charge in [0, 0.05) is 16.6 Å². The molecule has 0 bridgehead atoms. The molecule has 0 aliphatic carbocycles. The number of benzene rings is 1. The van der Waals surface area contributed by atoms with E-state index in [1.54, 1.807) is 39.1 Å². The van der Waals surface area contributed by atoms with Gasteiger partial charge in [-0.05, 0) is 38.3 Å². The minimum atomic E-state index is -0.537. The van der Waals surface area contributed by atoms with E-state index in [4.69, 9.17) is 16.3 Å². The van der Waals surface area contributed by atoms with Gasteiger partial charge in [-0.15, -0.1) is 0 Å². The van der Waals surface area contributed by atoms with E-state index in [1.807, 2.05) is 12.1 Å². The standard InChI is InChI=1S/C14H15ClN2O2/c1-14(2,3)19-13(18)17-12-7-9-5-4-6-11(15)10(9)8-16-12/h4-8H,1-3H3,(H,16,17,18). The molecule has 1 amide bonds. The molecule has 0 fully saturated rings. The molecule has 1 aromatic carbocycles. The Balaban J connectivity index is 2.20. The highest BCUT2D eigenvalue weighted by Crippen LogP contribution is 2.24. The van der Waals surface area contributed by atoms with Crippen molar-refractivity contribution in [2.75, 3.05) is 5.32 Å². The molecule has 0 spiro atoms. The lowest BCUT2D eigenvalue weighted by molar-refractivity contribution is 0.0635. The van der Waals surface area contributed by atoms with Gasteiger partial charge in [-0.25, -0.2) is 9.78 Å². The highest BCUT2D eigenvalue weighted by Gasteiger charge is 2.16. The van der Waals surface area contributed by atoms with Crippen molar-refractivity contribution in [1.29, 1.82) is 0 Å². The van der Waals surface area contributed by atoms with Crippen LogP contribution in [0.3, 0.4) is 0 Å². The Kier molecular flexibility index (Phi) is 3.62. The van der Waals surface area contributed by atoms with Gasteiger partial charge >= 0.3 is 6.09 Å². The van der Waals surface area contributed by atoms with Crippen LogP contribution in [0.25, 0.3) is 10.8 Å². The zero-order valence-electron chi connectivity index (χ0n) is 11.0. The summed E-state index contributed by atoms with van der Waals surface area (Å²) in [5.41, 5.74) is -0.537. The van der Waals surface area contributed by atoms with E-state index in [1.165, 1.54) is 0 Å². The largest absolute Gasteiger partial charge is 0.444 e. The van der Waals surface area contributed by atoms with Crippen LogP contribution < -0.4 is 5.32 Å². The smallest absolute Gasteiger partial charge is 0.413 e. The third-order valence-corrected chi connectivity index (χ3v) is 2.67. The molecule has 0 saturated carbocycles. The molecule has 1 aromatic heterocycles. The van der Waals surface area contributed by atoms with Crippen LogP contribution >= 0.6 is 11.6 Å². The molecule has 0 saturated heterocycles. The van der Waals surface area contributed by atoms with Crippen molar-refractivity contribution in [3.05, 3.63) is 35.5 Å². The predicted molar refractivity (Wildman–Crippen MR) is 76.6 cm³/mol. The number of halogens is 1. The molecular weight excluding hydrogens is 264 g/mol. The van der Waals surface area contributed by atoms with Gasteiger partial charge in [0.2, 0.25) is 0 Å². The second-order valence-corrected chi connectivity index (χ2v) is 5.56. The molecule has 0 radical (unpaired) electrons. The number of ether oxygens (including phenoxy) is 1. The maximum Gasteiger partial charge on any atom is 0.413 e. The summed E-state index contributed by atoms with van der Waals surface area (Å²) in [6.45, 7) is 5.42. The molecule has 100 valence electrons. The number of anilines is 1. The first-order valence-corrected chi connectivity index (χ1v) is 6.27. The summed E-state index contributed by atoms with van der Waals surface area (Å²) >= 11 is 6.05. The molecule has 5 heteroatoms. The maximum atomic E-state index is 11.6. The Labute approximate surface area is 116 Å². The van der Waals surface area contributed by atoms with Crippen molar-refractivity contribution < 1.29 is 9.53 Å². The van der Waals surface area contributed by atoms with Gasteiger partial charge in [-0.2, -0.15) is 0 Å². The molecular formula is C14H15ClN2O2. The predicted octanol–water partition coefficient (Wildman–Crippen LogP) is 4.24. The zero-order chi connectivity index (χ0) is 14.0. The van der Waals surface area contributed by atoms with Crippen molar-refractivity contribution >= 4 is 34.3 Å². The first-order chi connectivity index (χ1) is 8.85. The Bertz CT molecular complexity index is 620. The van der Waals surface area contributed by atoms with Crippen LogP contribution in [0.2, 0.25) is 5.02 Å². The van der Waals surface area contributed by atoms with E-state index in [9.17, 15) is 4.79 Å². The van der Waals surface area contributed by atoms with Gasteiger partial charge in [0.1, 0.15) is 11.4 Å². The van der Waals surface area contributed by atoms with Crippen LogP contribution in [0.1, 0.15) is 20.8 Å². The Morgan fingerprint density at radius 1 is 1.37 bits per heavy atom. The van der Waals surface area contributed by atoms with E-state index in [0.29, 0.717) is 10.8 Å².